The van der Waals surface area contributed by atoms with Crippen LogP contribution >= 0.6 is 22.9 Å². The largest absolute Gasteiger partial charge is 0.396 e. The predicted molar refractivity (Wildman–Crippen MR) is 69.7 cm³/mol. The van der Waals surface area contributed by atoms with Crippen LogP contribution in [0.15, 0.2) is 12.1 Å². The van der Waals surface area contributed by atoms with Crippen molar-refractivity contribution in [3.63, 3.8) is 0 Å². The molecule has 1 saturated heterocycles. The van der Waals surface area contributed by atoms with Crippen molar-refractivity contribution in [3.8, 4) is 0 Å². The minimum absolute atomic E-state index is 0.0874. The Kier molecular flexibility index (Phi) is 4.42. The molecule has 2 rings (SSSR count). The molecule has 0 bridgehead atoms. The zero-order chi connectivity index (χ0) is 12.3. The number of nitrogens with zero attached hydrogens (tertiary/aromatic N) is 1. The van der Waals surface area contributed by atoms with E-state index in [4.69, 9.17) is 16.7 Å². The number of piperidine rings is 1. The van der Waals surface area contributed by atoms with Crippen molar-refractivity contribution >= 4 is 28.8 Å². The summed E-state index contributed by atoms with van der Waals surface area (Å²) in [6.45, 7) is 1.83. The number of carbonyl (C=O) groups is 1. The van der Waals surface area contributed by atoms with Gasteiger partial charge in [-0.05, 0) is 37.3 Å². The van der Waals surface area contributed by atoms with Crippen LogP contribution in [0.1, 0.15) is 28.9 Å². The molecule has 1 aromatic heterocycles. The van der Waals surface area contributed by atoms with Gasteiger partial charge in [-0.1, -0.05) is 11.6 Å². The van der Waals surface area contributed by atoms with E-state index in [1.165, 1.54) is 11.3 Å². The van der Waals surface area contributed by atoms with Gasteiger partial charge >= 0.3 is 0 Å². The van der Waals surface area contributed by atoms with E-state index in [1.54, 1.807) is 12.1 Å². The summed E-state index contributed by atoms with van der Waals surface area (Å²) >= 11 is 7.16. The number of thiophene rings is 1. The summed E-state index contributed by atoms with van der Waals surface area (Å²) in [4.78, 5) is 14.7. The molecule has 1 aliphatic rings. The number of aliphatic hydroxyl groups is 1. The number of aliphatic hydroxyl groups excluding tert-OH is 1. The van der Waals surface area contributed by atoms with E-state index >= 15 is 0 Å². The number of amides is 1. The fourth-order valence-electron chi connectivity index (χ4n) is 2.19. The molecule has 0 aliphatic carbocycles. The highest BCUT2D eigenvalue weighted by molar-refractivity contribution is 7.17. The molecule has 0 unspecified atom stereocenters. The molecular weight excluding hydrogens is 258 g/mol. The molecule has 1 aliphatic heterocycles. The highest BCUT2D eigenvalue weighted by atomic mass is 35.5. The standard InChI is InChI=1S/C12H16ClNO2S/c13-11-2-1-10(17-11)12(16)14-6-3-9(4-7-14)5-8-15/h1-2,9,15H,3-8H2. The van der Waals surface area contributed by atoms with E-state index in [0.717, 1.165) is 37.2 Å². The molecule has 1 amide bonds. The number of likely N-dealkylation sites (tertiary alicyclic amines) is 1. The summed E-state index contributed by atoms with van der Waals surface area (Å²) in [6.07, 6.45) is 2.84. The molecule has 2 heterocycles. The van der Waals surface area contributed by atoms with Gasteiger partial charge in [-0.25, -0.2) is 0 Å². The zero-order valence-electron chi connectivity index (χ0n) is 9.56. The second-order valence-corrected chi connectivity index (χ2v) is 6.07. The maximum atomic E-state index is 12.1. The highest BCUT2D eigenvalue weighted by Gasteiger charge is 2.23. The van der Waals surface area contributed by atoms with Crippen molar-refractivity contribution in [2.75, 3.05) is 19.7 Å². The molecule has 0 radical (unpaired) electrons. The summed E-state index contributed by atoms with van der Waals surface area (Å²) < 4.78 is 0.656. The van der Waals surface area contributed by atoms with Crippen LogP contribution in [0.3, 0.4) is 0 Å². The quantitative estimate of drug-likeness (QED) is 0.920. The van der Waals surface area contributed by atoms with Gasteiger partial charge in [0.1, 0.15) is 0 Å². The van der Waals surface area contributed by atoms with Crippen molar-refractivity contribution in [2.24, 2.45) is 5.92 Å². The topological polar surface area (TPSA) is 40.5 Å². The Bertz CT molecular complexity index is 386. The van der Waals surface area contributed by atoms with Gasteiger partial charge in [0.15, 0.2) is 0 Å². The molecule has 5 heteroatoms. The van der Waals surface area contributed by atoms with Crippen LogP contribution in [0.25, 0.3) is 0 Å². The molecule has 0 aromatic carbocycles. The lowest BCUT2D eigenvalue weighted by Crippen LogP contribution is -2.38. The predicted octanol–water partition coefficient (Wildman–Crippen LogP) is 2.64. The molecule has 0 atom stereocenters. The van der Waals surface area contributed by atoms with Crippen molar-refractivity contribution in [3.05, 3.63) is 21.3 Å². The fourth-order valence-corrected chi connectivity index (χ4v) is 3.20. The van der Waals surface area contributed by atoms with Gasteiger partial charge < -0.3 is 10.0 Å². The summed E-state index contributed by atoms with van der Waals surface area (Å²) in [6, 6.07) is 3.55. The average Bonchev–Trinajstić information content (AvgIpc) is 2.76. The lowest BCUT2D eigenvalue weighted by Gasteiger charge is -2.31. The molecule has 1 fully saturated rings. The van der Waals surface area contributed by atoms with E-state index in [9.17, 15) is 4.79 Å². The Morgan fingerprint density at radius 3 is 2.71 bits per heavy atom. The second kappa shape index (κ2) is 5.85. The number of hydrogen-bond acceptors (Lipinski definition) is 3. The molecule has 17 heavy (non-hydrogen) atoms. The summed E-state index contributed by atoms with van der Waals surface area (Å²) in [5, 5.41) is 8.88. The Morgan fingerprint density at radius 1 is 1.47 bits per heavy atom. The van der Waals surface area contributed by atoms with Crippen LogP contribution in [0, 0.1) is 5.92 Å². The molecular formula is C12H16ClNO2S. The third-order valence-electron chi connectivity index (χ3n) is 3.22. The van der Waals surface area contributed by atoms with Crippen molar-refractivity contribution < 1.29 is 9.90 Å². The average molecular weight is 274 g/mol. The van der Waals surface area contributed by atoms with Gasteiger partial charge in [-0.3, -0.25) is 4.79 Å². The number of carbonyl (C=O) groups excluding carboxylic acids is 1. The maximum Gasteiger partial charge on any atom is 0.263 e. The van der Waals surface area contributed by atoms with Crippen LogP contribution in [-0.2, 0) is 0 Å². The first-order valence-corrected chi connectivity index (χ1v) is 7.05. The maximum absolute atomic E-state index is 12.1. The Hall–Kier alpha value is -0.580. The zero-order valence-corrected chi connectivity index (χ0v) is 11.1. The summed E-state index contributed by atoms with van der Waals surface area (Å²) in [5.74, 6) is 0.653. The van der Waals surface area contributed by atoms with Crippen LogP contribution in [-0.4, -0.2) is 35.6 Å². The monoisotopic (exact) mass is 273 g/mol. The van der Waals surface area contributed by atoms with E-state index in [2.05, 4.69) is 0 Å². The fraction of sp³-hybridized carbons (Fsp3) is 0.583. The minimum atomic E-state index is 0.0874. The minimum Gasteiger partial charge on any atom is -0.396 e. The number of hydrogen-bond donors (Lipinski definition) is 1. The van der Waals surface area contributed by atoms with Crippen LogP contribution in [0.4, 0.5) is 0 Å². The summed E-state index contributed by atoms with van der Waals surface area (Å²) in [5.41, 5.74) is 0. The summed E-state index contributed by atoms with van der Waals surface area (Å²) in [7, 11) is 0. The van der Waals surface area contributed by atoms with E-state index in [-0.39, 0.29) is 12.5 Å². The van der Waals surface area contributed by atoms with Gasteiger partial charge in [-0.15, -0.1) is 11.3 Å². The van der Waals surface area contributed by atoms with Crippen molar-refractivity contribution in [1.82, 2.24) is 4.90 Å². The van der Waals surface area contributed by atoms with Crippen LogP contribution in [0.2, 0.25) is 4.34 Å². The lowest BCUT2D eigenvalue weighted by molar-refractivity contribution is 0.0683. The Balaban J connectivity index is 1.90. The normalized spacial score (nSPS) is 17.4. The van der Waals surface area contributed by atoms with Gasteiger partial charge in [0.05, 0.1) is 9.21 Å². The van der Waals surface area contributed by atoms with Gasteiger partial charge in [0, 0.05) is 19.7 Å². The van der Waals surface area contributed by atoms with E-state index in [0.29, 0.717) is 10.3 Å². The smallest absolute Gasteiger partial charge is 0.263 e. The number of halogens is 1. The molecule has 0 spiro atoms. The van der Waals surface area contributed by atoms with Crippen molar-refractivity contribution in [2.45, 2.75) is 19.3 Å². The van der Waals surface area contributed by atoms with Crippen molar-refractivity contribution in [1.29, 1.82) is 0 Å². The first kappa shape index (κ1) is 12.9. The van der Waals surface area contributed by atoms with E-state index < -0.39 is 0 Å². The Morgan fingerprint density at radius 2 is 2.18 bits per heavy atom. The first-order valence-electron chi connectivity index (χ1n) is 5.86. The van der Waals surface area contributed by atoms with Crippen LogP contribution in [0.5, 0.6) is 0 Å². The third kappa shape index (κ3) is 3.21. The Labute approximate surface area is 110 Å². The molecule has 3 nitrogen and oxygen atoms in total. The lowest BCUT2D eigenvalue weighted by atomic mass is 9.94. The SMILES string of the molecule is O=C(c1ccc(Cl)s1)N1CCC(CCO)CC1. The molecule has 1 aromatic rings. The van der Waals surface area contributed by atoms with Gasteiger partial charge in [0.25, 0.3) is 5.91 Å². The molecule has 0 saturated carbocycles. The third-order valence-corrected chi connectivity index (χ3v) is 4.44. The van der Waals surface area contributed by atoms with Gasteiger partial charge in [-0.2, -0.15) is 0 Å². The molecule has 94 valence electrons. The van der Waals surface area contributed by atoms with Crippen LogP contribution < -0.4 is 0 Å². The second-order valence-electron chi connectivity index (χ2n) is 4.35. The van der Waals surface area contributed by atoms with Gasteiger partial charge in [0.2, 0.25) is 0 Å². The van der Waals surface area contributed by atoms with E-state index in [1.807, 2.05) is 4.90 Å². The highest BCUT2D eigenvalue weighted by Crippen LogP contribution is 2.26. The molecule has 1 N–H and O–H groups in total. The first-order chi connectivity index (χ1) is 8.20. The number of rotatable bonds is 3.